The molecule has 2 atom stereocenters. The maximum Gasteiger partial charge on any atom is 0.261 e. The van der Waals surface area contributed by atoms with Gasteiger partial charge in [0.25, 0.3) is 5.91 Å². The first-order chi connectivity index (χ1) is 14.7. The van der Waals surface area contributed by atoms with Crippen molar-refractivity contribution in [3.05, 3.63) is 47.4 Å². The van der Waals surface area contributed by atoms with Crippen LogP contribution in [0, 0.1) is 0 Å². The van der Waals surface area contributed by atoms with Crippen LogP contribution in [0.1, 0.15) is 43.7 Å². The van der Waals surface area contributed by atoms with Crippen molar-refractivity contribution in [3.8, 4) is 11.6 Å². The quantitative estimate of drug-likeness (QED) is 0.702. The van der Waals surface area contributed by atoms with E-state index in [2.05, 4.69) is 14.9 Å². The highest BCUT2D eigenvalue weighted by Crippen LogP contribution is 2.39. The third-order valence-electron chi connectivity index (χ3n) is 6.06. The molecule has 2 saturated heterocycles. The molecule has 8 heteroatoms. The van der Waals surface area contributed by atoms with E-state index < -0.39 is 0 Å². The van der Waals surface area contributed by atoms with Crippen LogP contribution in [0.25, 0.3) is 0 Å². The average Bonchev–Trinajstić information content (AvgIpc) is 3.54. The van der Waals surface area contributed by atoms with Crippen LogP contribution < -0.4 is 9.47 Å². The molecule has 3 fully saturated rings. The molecule has 7 nitrogen and oxygen atoms in total. The van der Waals surface area contributed by atoms with Gasteiger partial charge in [0, 0.05) is 23.5 Å². The number of amides is 1. The Balaban J connectivity index is 1.17. The standard InChI is InChI=1S/C22H25ClN4O3/c23-16-2-1-3-18(10-16)29-13-21(28)26-9-8-17-6-7-22(27(17)14-26)30-20-12-24-19(11-25-20)15-4-5-15/h1-3,10-12,15,17,22H,4-9,13-14H2/t17-,22-/m0/s1. The number of fused-ring (bicyclic) bond motifs is 1. The summed E-state index contributed by atoms with van der Waals surface area (Å²) in [7, 11) is 0. The second kappa shape index (κ2) is 8.40. The Kier molecular flexibility index (Phi) is 5.48. The van der Waals surface area contributed by atoms with Crippen LogP contribution in [-0.4, -0.2) is 57.8 Å². The van der Waals surface area contributed by atoms with Crippen LogP contribution in [0.5, 0.6) is 11.6 Å². The topological polar surface area (TPSA) is 67.8 Å². The molecule has 0 radical (unpaired) electrons. The SMILES string of the molecule is O=C(COc1cccc(Cl)c1)N1CC[C@@H]2CC[C@H](Oc3cnc(C4CC4)cn3)N2C1. The molecule has 0 bridgehead atoms. The summed E-state index contributed by atoms with van der Waals surface area (Å²) in [5, 5.41) is 0.589. The van der Waals surface area contributed by atoms with Gasteiger partial charge in [-0.3, -0.25) is 9.78 Å². The lowest BCUT2D eigenvalue weighted by Gasteiger charge is -2.39. The number of carbonyl (C=O) groups is 1. The number of nitrogens with zero attached hydrogens (tertiary/aromatic N) is 4. The summed E-state index contributed by atoms with van der Waals surface area (Å²) in [6.45, 7) is 1.28. The first-order valence-corrected chi connectivity index (χ1v) is 10.9. The lowest BCUT2D eigenvalue weighted by molar-refractivity contribution is -0.141. The van der Waals surface area contributed by atoms with Gasteiger partial charge >= 0.3 is 0 Å². The molecule has 3 heterocycles. The molecule has 1 aliphatic carbocycles. The molecule has 158 valence electrons. The van der Waals surface area contributed by atoms with Gasteiger partial charge in [-0.1, -0.05) is 17.7 Å². The predicted octanol–water partition coefficient (Wildman–Crippen LogP) is 3.45. The molecule has 1 saturated carbocycles. The number of hydrogen-bond acceptors (Lipinski definition) is 6. The zero-order chi connectivity index (χ0) is 20.5. The number of aromatic nitrogens is 2. The minimum absolute atomic E-state index is 0.00151. The largest absolute Gasteiger partial charge is 0.484 e. The van der Waals surface area contributed by atoms with E-state index in [1.807, 2.05) is 11.1 Å². The van der Waals surface area contributed by atoms with Crippen LogP contribution >= 0.6 is 11.6 Å². The molecule has 0 unspecified atom stereocenters. The number of carbonyl (C=O) groups excluding carboxylic acids is 1. The van der Waals surface area contributed by atoms with Crippen molar-refractivity contribution in [2.45, 2.75) is 50.3 Å². The number of halogens is 1. The van der Waals surface area contributed by atoms with Crippen LogP contribution in [0.4, 0.5) is 0 Å². The molecule has 1 aromatic carbocycles. The Morgan fingerprint density at radius 2 is 2.03 bits per heavy atom. The maximum atomic E-state index is 12.7. The van der Waals surface area contributed by atoms with Crippen LogP contribution in [0.15, 0.2) is 36.7 Å². The van der Waals surface area contributed by atoms with Gasteiger partial charge in [-0.25, -0.2) is 9.88 Å². The van der Waals surface area contributed by atoms with Crippen molar-refractivity contribution in [1.29, 1.82) is 0 Å². The van der Waals surface area contributed by atoms with Gasteiger partial charge in [0.05, 0.1) is 24.8 Å². The second-order valence-corrected chi connectivity index (χ2v) is 8.64. The highest BCUT2D eigenvalue weighted by molar-refractivity contribution is 6.30. The van der Waals surface area contributed by atoms with Crippen LogP contribution in [-0.2, 0) is 4.79 Å². The van der Waals surface area contributed by atoms with E-state index in [1.54, 1.807) is 30.5 Å². The predicted molar refractivity (Wildman–Crippen MR) is 111 cm³/mol. The number of ether oxygens (including phenoxy) is 2. The Labute approximate surface area is 181 Å². The molecule has 0 N–H and O–H groups in total. The second-order valence-electron chi connectivity index (χ2n) is 8.20. The Morgan fingerprint density at radius 1 is 1.13 bits per heavy atom. The molecular formula is C22H25ClN4O3. The zero-order valence-corrected chi connectivity index (χ0v) is 17.5. The highest BCUT2D eigenvalue weighted by atomic mass is 35.5. The first kappa shape index (κ1) is 19.6. The van der Waals surface area contributed by atoms with Gasteiger partial charge in [0.1, 0.15) is 5.75 Å². The van der Waals surface area contributed by atoms with E-state index in [0.29, 0.717) is 35.3 Å². The van der Waals surface area contributed by atoms with Crippen molar-refractivity contribution in [2.75, 3.05) is 19.8 Å². The molecule has 2 aromatic rings. The van der Waals surface area contributed by atoms with Gasteiger partial charge in [0.2, 0.25) is 5.88 Å². The van der Waals surface area contributed by atoms with E-state index in [9.17, 15) is 4.79 Å². The fourth-order valence-corrected chi connectivity index (χ4v) is 4.41. The maximum absolute atomic E-state index is 12.7. The van der Waals surface area contributed by atoms with E-state index in [0.717, 1.165) is 31.5 Å². The van der Waals surface area contributed by atoms with E-state index >= 15 is 0 Å². The van der Waals surface area contributed by atoms with Gasteiger partial charge in [-0.2, -0.15) is 0 Å². The lowest BCUT2D eigenvalue weighted by atomic mass is 10.1. The Bertz CT molecular complexity index is 906. The normalized spacial score (nSPS) is 23.8. The van der Waals surface area contributed by atoms with Gasteiger partial charge < -0.3 is 14.4 Å². The third kappa shape index (κ3) is 4.37. The van der Waals surface area contributed by atoms with Gasteiger partial charge in [0.15, 0.2) is 12.8 Å². The fraction of sp³-hybridized carbons (Fsp3) is 0.500. The number of rotatable bonds is 6. The van der Waals surface area contributed by atoms with Crippen molar-refractivity contribution < 1.29 is 14.3 Å². The molecule has 2 aliphatic heterocycles. The smallest absolute Gasteiger partial charge is 0.261 e. The highest BCUT2D eigenvalue weighted by Gasteiger charge is 2.40. The third-order valence-corrected chi connectivity index (χ3v) is 6.30. The first-order valence-electron chi connectivity index (χ1n) is 10.6. The summed E-state index contributed by atoms with van der Waals surface area (Å²) in [5.74, 6) is 1.70. The van der Waals surface area contributed by atoms with Crippen LogP contribution in [0.2, 0.25) is 5.02 Å². The lowest BCUT2D eigenvalue weighted by Crippen LogP contribution is -2.54. The zero-order valence-electron chi connectivity index (χ0n) is 16.7. The minimum atomic E-state index is -0.0828. The molecular weight excluding hydrogens is 404 g/mol. The number of hydrogen-bond donors (Lipinski definition) is 0. The summed E-state index contributed by atoms with van der Waals surface area (Å²) in [4.78, 5) is 25.7. The van der Waals surface area contributed by atoms with Crippen molar-refractivity contribution in [2.24, 2.45) is 0 Å². The van der Waals surface area contributed by atoms with Crippen molar-refractivity contribution in [3.63, 3.8) is 0 Å². The summed E-state index contributed by atoms with van der Waals surface area (Å²) >= 11 is 5.97. The van der Waals surface area contributed by atoms with Crippen molar-refractivity contribution >= 4 is 17.5 Å². The average molecular weight is 429 g/mol. The minimum Gasteiger partial charge on any atom is -0.484 e. The monoisotopic (exact) mass is 428 g/mol. The van der Waals surface area contributed by atoms with Gasteiger partial charge in [-0.05, 0) is 50.3 Å². The summed E-state index contributed by atoms with van der Waals surface area (Å²) < 4.78 is 11.8. The molecule has 30 heavy (non-hydrogen) atoms. The summed E-state index contributed by atoms with van der Waals surface area (Å²) in [5.41, 5.74) is 1.06. The van der Waals surface area contributed by atoms with Crippen molar-refractivity contribution in [1.82, 2.24) is 19.8 Å². The molecule has 1 amide bonds. The van der Waals surface area contributed by atoms with Crippen LogP contribution in [0.3, 0.4) is 0 Å². The fourth-order valence-electron chi connectivity index (χ4n) is 4.23. The van der Waals surface area contributed by atoms with E-state index in [-0.39, 0.29) is 18.7 Å². The summed E-state index contributed by atoms with van der Waals surface area (Å²) in [6, 6.07) is 7.52. The van der Waals surface area contributed by atoms with Gasteiger partial charge in [-0.15, -0.1) is 0 Å². The summed E-state index contributed by atoms with van der Waals surface area (Å²) in [6.07, 6.45) is 8.83. The molecule has 1 aromatic heterocycles. The molecule has 3 aliphatic rings. The Morgan fingerprint density at radius 3 is 2.80 bits per heavy atom. The van der Waals surface area contributed by atoms with E-state index in [1.165, 1.54) is 12.8 Å². The molecule has 5 rings (SSSR count). The van der Waals surface area contributed by atoms with E-state index in [4.69, 9.17) is 21.1 Å². The number of benzene rings is 1. The molecule has 0 spiro atoms. The Hall–Kier alpha value is -2.38.